The van der Waals surface area contributed by atoms with E-state index in [0.717, 1.165) is 33.7 Å². The number of benzene rings is 3. The SMILES string of the molecule is COc1cccc(NC(C(=O)c2nn(C)c3cc(OC)ccc23)c2ccccc2)c1. The Bertz CT molecular complexity index is 1190. The van der Waals surface area contributed by atoms with E-state index < -0.39 is 6.04 Å². The monoisotopic (exact) mass is 401 g/mol. The molecule has 152 valence electrons. The number of aromatic nitrogens is 2. The highest BCUT2D eigenvalue weighted by Crippen LogP contribution is 2.29. The van der Waals surface area contributed by atoms with Crippen molar-refractivity contribution in [3.63, 3.8) is 0 Å². The summed E-state index contributed by atoms with van der Waals surface area (Å²) in [6, 6.07) is 22.2. The van der Waals surface area contributed by atoms with Crippen LogP contribution < -0.4 is 14.8 Å². The smallest absolute Gasteiger partial charge is 0.210 e. The highest BCUT2D eigenvalue weighted by atomic mass is 16.5. The first kappa shape index (κ1) is 19.5. The Morgan fingerprint density at radius 3 is 2.40 bits per heavy atom. The van der Waals surface area contributed by atoms with Gasteiger partial charge in [0, 0.05) is 30.3 Å². The number of fused-ring (bicyclic) bond motifs is 1. The predicted octanol–water partition coefficient (Wildman–Crippen LogP) is 4.63. The number of anilines is 1. The minimum absolute atomic E-state index is 0.111. The van der Waals surface area contributed by atoms with Crippen LogP contribution in [0.3, 0.4) is 0 Å². The Balaban J connectivity index is 1.77. The lowest BCUT2D eigenvalue weighted by molar-refractivity contribution is 0.0965. The Kier molecular flexibility index (Phi) is 5.39. The third-order valence-electron chi connectivity index (χ3n) is 5.07. The molecule has 0 bridgehead atoms. The summed E-state index contributed by atoms with van der Waals surface area (Å²) in [6.07, 6.45) is 0. The van der Waals surface area contributed by atoms with Gasteiger partial charge in [0.15, 0.2) is 0 Å². The number of carbonyl (C=O) groups is 1. The molecule has 0 fully saturated rings. The number of nitrogens with one attached hydrogen (secondary N) is 1. The summed E-state index contributed by atoms with van der Waals surface area (Å²) in [6.45, 7) is 0. The maximum atomic E-state index is 13.7. The molecule has 4 aromatic rings. The molecule has 6 nitrogen and oxygen atoms in total. The molecule has 4 rings (SSSR count). The van der Waals surface area contributed by atoms with E-state index in [9.17, 15) is 4.79 Å². The predicted molar refractivity (Wildman–Crippen MR) is 117 cm³/mol. The molecule has 1 atom stereocenters. The summed E-state index contributed by atoms with van der Waals surface area (Å²) >= 11 is 0. The topological polar surface area (TPSA) is 65.4 Å². The van der Waals surface area contributed by atoms with Crippen molar-refractivity contribution in [1.29, 1.82) is 0 Å². The fourth-order valence-corrected chi connectivity index (χ4v) is 3.51. The van der Waals surface area contributed by atoms with Crippen LogP contribution in [0, 0.1) is 0 Å². The van der Waals surface area contributed by atoms with Gasteiger partial charge >= 0.3 is 0 Å². The van der Waals surface area contributed by atoms with E-state index >= 15 is 0 Å². The minimum atomic E-state index is -0.599. The van der Waals surface area contributed by atoms with Gasteiger partial charge in [0.2, 0.25) is 5.78 Å². The molecule has 0 amide bonds. The fourth-order valence-electron chi connectivity index (χ4n) is 3.51. The fraction of sp³-hybridized carbons (Fsp3) is 0.167. The van der Waals surface area contributed by atoms with E-state index in [-0.39, 0.29) is 5.78 Å². The third-order valence-corrected chi connectivity index (χ3v) is 5.07. The number of carbonyl (C=O) groups excluding carboxylic acids is 1. The molecule has 0 radical (unpaired) electrons. The Labute approximate surface area is 175 Å². The summed E-state index contributed by atoms with van der Waals surface area (Å²) < 4.78 is 12.3. The van der Waals surface area contributed by atoms with Crippen LogP contribution in [0.2, 0.25) is 0 Å². The Morgan fingerprint density at radius 2 is 1.67 bits per heavy atom. The molecule has 1 unspecified atom stereocenters. The van der Waals surface area contributed by atoms with Crippen LogP contribution in [0.4, 0.5) is 5.69 Å². The van der Waals surface area contributed by atoms with Crippen molar-refractivity contribution in [3.05, 3.63) is 84.1 Å². The molecule has 1 heterocycles. The van der Waals surface area contributed by atoms with Crippen molar-refractivity contribution in [2.24, 2.45) is 7.05 Å². The lowest BCUT2D eigenvalue weighted by Gasteiger charge is -2.19. The van der Waals surface area contributed by atoms with Crippen LogP contribution in [-0.2, 0) is 7.05 Å². The number of nitrogens with zero attached hydrogens (tertiary/aromatic N) is 2. The number of ether oxygens (including phenoxy) is 2. The zero-order chi connectivity index (χ0) is 21.1. The standard InChI is InChI=1S/C24H23N3O3/c1-27-21-15-19(30-3)12-13-20(21)23(26-27)24(28)22(16-8-5-4-6-9-16)25-17-10-7-11-18(14-17)29-2/h4-15,22,25H,1-3H3. The molecule has 0 aliphatic carbocycles. The second-order valence-corrected chi connectivity index (χ2v) is 6.94. The van der Waals surface area contributed by atoms with Crippen molar-refractivity contribution in [3.8, 4) is 11.5 Å². The number of ketones is 1. The second-order valence-electron chi connectivity index (χ2n) is 6.94. The highest BCUT2D eigenvalue weighted by molar-refractivity contribution is 6.10. The average molecular weight is 401 g/mol. The number of methoxy groups -OCH3 is 2. The van der Waals surface area contributed by atoms with E-state index in [0.29, 0.717) is 5.69 Å². The van der Waals surface area contributed by atoms with Crippen LogP contribution in [0.15, 0.2) is 72.8 Å². The molecule has 1 aromatic heterocycles. The van der Waals surface area contributed by atoms with Crippen LogP contribution in [-0.4, -0.2) is 29.8 Å². The number of Topliss-reactive ketones (excluding diaryl/α,β-unsaturated/α-hetero) is 1. The van der Waals surface area contributed by atoms with Crippen LogP contribution >= 0.6 is 0 Å². The van der Waals surface area contributed by atoms with Crippen LogP contribution in [0.5, 0.6) is 11.5 Å². The average Bonchev–Trinajstić information content (AvgIpc) is 3.13. The second kappa shape index (κ2) is 8.29. The van der Waals surface area contributed by atoms with Crippen molar-refractivity contribution < 1.29 is 14.3 Å². The van der Waals surface area contributed by atoms with Gasteiger partial charge in [0.05, 0.1) is 19.7 Å². The van der Waals surface area contributed by atoms with Gasteiger partial charge < -0.3 is 14.8 Å². The van der Waals surface area contributed by atoms with Gasteiger partial charge in [-0.3, -0.25) is 9.48 Å². The van der Waals surface area contributed by atoms with E-state index in [2.05, 4.69) is 10.4 Å². The maximum absolute atomic E-state index is 13.7. The van der Waals surface area contributed by atoms with Gasteiger partial charge in [-0.2, -0.15) is 5.10 Å². The molecular weight excluding hydrogens is 378 g/mol. The molecule has 0 aliphatic heterocycles. The quantitative estimate of drug-likeness (QED) is 0.458. The highest BCUT2D eigenvalue weighted by Gasteiger charge is 2.27. The van der Waals surface area contributed by atoms with Gasteiger partial charge in [0.1, 0.15) is 23.2 Å². The van der Waals surface area contributed by atoms with Gasteiger partial charge in [0.25, 0.3) is 0 Å². The maximum Gasteiger partial charge on any atom is 0.210 e. The Morgan fingerprint density at radius 1 is 0.933 bits per heavy atom. The first-order valence-electron chi connectivity index (χ1n) is 9.61. The van der Waals surface area contributed by atoms with Gasteiger partial charge in [-0.15, -0.1) is 0 Å². The van der Waals surface area contributed by atoms with Crippen molar-refractivity contribution in [2.45, 2.75) is 6.04 Å². The van der Waals surface area contributed by atoms with Crippen molar-refractivity contribution >= 4 is 22.4 Å². The largest absolute Gasteiger partial charge is 0.497 e. The molecular formula is C24H23N3O3. The summed E-state index contributed by atoms with van der Waals surface area (Å²) in [4.78, 5) is 13.7. The molecule has 0 saturated carbocycles. The zero-order valence-electron chi connectivity index (χ0n) is 17.1. The molecule has 1 N–H and O–H groups in total. The molecule has 6 heteroatoms. The van der Waals surface area contributed by atoms with Gasteiger partial charge in [-0.1, -0.05) is 36.4 Å². The number of aryl methyl sites for hydroxylation is 1. The first-order valence-corrected chi connectivity index (χ1v) is 9.61. The lowest BCUT2D eigenvalue weighted by Crippen LogP contribution is -2.22. The minimum Gasteiger partial charge on any atom is -0.497 e. The van der Waals surface area contributed by atoms with Gasteiger partial charge in [-0.05, 0) is 29.8 Å². The summed E-state index contributed by atoms with van der Waals surface area (Å²) in [5.74, 6) is 1.33. The van der Waals surface area contributed by atoms with E-state index in [1.165, 1.54) is 0 Å². The van der Waals surface area contributed by atoms with Crippen LogP contribution in [0.1, 0.15) is 22.1 Å². The summed E-state index contributed by atoms with van der Waals surface area (Å²) in [5, 5.41) is 8.68. The molecule has 3 aromatic carbocycles. The Hall–Kier alpha value is -3.80. The molecule has 0 aliphatic rings. The molecule has 30 heavy (non-hydrogen) atoms. The third kappa shape index (κ3) is 3.72. The lowest BCUT2D eigenvalue weighted by atomic mass is 9.98. The van der Waals surface area contributed by atoms with Crippen molar-refractivity contribution in [1.82, 2.24) is 9.78 Å². The number of hydrogen-bond donors (Lipinski definition) is 1. The zero-order valence-corrected chi connectivity index (χ0v) is 17.1. The molecule has 0 saturated heterocycles. The van der Waals surface area contributed by atoms with Gasteiger partial charge in [-0.25, -0.2) is 0 Å². The summed E-state index contributed by atoms with van der Waals surface area (Å²) in [5.41, 5.74) is 2.90. The normalized spacial score (nSPS) is 11.8. The van der Waals surface area contributed by atoms with Crippen molar-refractivity contribution in [2.75, 3.05) is 19.5 Å². The molecule has 0 spiro atoms. The van der Waals surface area contributed by atoms with E-state index in [4.69, 9.17) is 9.47 Å². The summed E-state index contributed by atoms with van der Waals surface area (Å²) in [7, 11) is 5.06. The van der Waals surface area contributed by atoms with E-state index in [1.54, 1.807) is 18.9 Å². The number of hydrogen-bond acceptors (Lipinski definition) is 5. The number of rotatable bonds is 7. The van der Waals surface area contributed by atoms with Crippen LogP contribution in [0.25, 0.3) is 10.9 Å². The van der Waals surface area contributed by atoms with E-state index in [1.807, 2.05) is 79.8 Å². The first-order chi connectivity index (χ1) is 14.6.